The van der Waals surface area contributed by atoms with Gasteiger partial charge in [-0.1, -0.05) is 0 Å². The number of esters is 1. The first-order chi connectivity index (χ1) is 9.25. The second kappa shape index (κ2) is 6.69. The zero-order chi connectivity index (χ0) is 15.3. The predicted octanol–water partition coefficient (Wildman–Crippen LogP) is 3.43. The third-order valence-electron chi connectivity index (χ3n) is 2.37. The molecule has 1 unspecified atom stereocenters. The van der Waals surface area contributed by atoms with Crippen molar-refractivity contribution in [2.24, 2.45) is 0 Å². The Labute approximate surface area is 113 Å². The molecule has 0 N–H and O–H groups in total. The molecule has 7 heteroatoms. The Kier molecular flexibility index (Phi) is 5.50. The number of carbonyl (C=O) groups is 1. The Morgan fingerprint density at radius 2 is 2.00 bits per heavy atom. The monoisotopic (exact) mass is 294 g/mol. The number of alkyl halides is 3. The first-order valence-electron chi connectivity index (χ1n) is 5.91. The summed E-state index contributed by atoms with van der Waals surface area (Å²) in [5, 5.41) is 0. The zero-order valence-electron chi connectivity index (χ0n) is 11.0. The van der Waals surface area contributed by atoms with Gasteiger partial charge in [-0.15, -0.1) is 0 Å². The number of carbonyl (C=O) groups excluding carboxylic acids is 1. The number of halogens is 4. The highest BCUT2D eigenvalue weighted by Gasteiger charge is 2.34. The summed E-state index contributed by atoms with van der Waals surface area (Å²) in [5.74, 6) is -2.39. The number of ether oxygens (including phenoxy) is 2. The molecule has 0 amide bonds. The van der Waals surface area contributed by atoms with Crippen LogP contribution in [0, 0.1) is 5.82 Å². The van der Waals surface area contributed by atoms with Crippen molar-refractivity contribution in [1.82, 2.24) is 0 Å². The van der Waals surface area contributed by atoms with Crippen LogP contribution in [0.25, 0.3) is 0 Å². The Morgan fingerprint density at radius 1 is 1.35 bits per heavy atom. The molecule has 0 aromatic heterocycles. The van der Waals surface area contributed by atoms with E-state index in [2.05, 4.69) is 0 Å². The van der Waals surface area contributed by atoms with Crippen LogP contribution >= 0.6 is 0 Å². The maximum absolute atomic E-state index is 13.1. The topological polar surface area (TPSA) is 35.5 Å². The summed E-state index contributed by atoms with van der Waals surface area (Å²) in [7, 11) is 0. The first-order valence-corrected chi connectivity index (χ1v) is 5.91. The fraction of sp³-hybridized carbons (Fsp3) is 0.462. The van der Waals surface area contributed by atoms with Crippen LogP contribution in [0.3, 0.4) is 0 Å². The number of hydrogen-bond donors (Lipinski definition) is 0. The fourth-order valence-electron chi connectivity index (χ4n) is 1.44. The maximum Gasteiger partial charge on any atom is 0.419 e. The average Bonchev–Trinajstić information content (AvgIpc) is 2.35. The van der Waals surface area contributed by atoms with Gasteiger partial charge in [0, 0.05) is 6.61 Å². The van der Waals surface area contributed by atoms with Crippen LogP contribution < -0.4 is 0 Å². The molecule has 0 saturated heterocycles. The van der Waals surface area contributed by atoms with E-state index in [4.69, 9.17) is 9.47 Å². The summed E-state index contributed by atoms with van der Waals surface area (Å²) in [6.45, 7) is 3.86. The van der Waals surface area contributed by atoms with Crippen LogP contribution in [0.15, 0.2) is 18.2 Å². The van der Waals surface area contributed by atoms with Crippen LogP contribution in [-0.4, -0.2) is 25.3 Å². The maximum atomic E-state index is 13.1. The van der Waals surface area contributed by atoms with Gasteiger partial charge in [0.15, 0.2) is 0 Å². The minimum absolute atomic E-state index is 0.134. The summed E-state index contributed by atoms with van der Waals surface area (Å²) in [6.07, 6.45) is -5.47. The van der Waals surface area contributed by atoms with Gasteiger partial charge < -0.3 is 9.47 Å². The molecule has 0 bridgehead atoms. The Balaban J connectivity index is 2.84. The van der Waals surface area contributed by atoms with Crippen molar-refractivity contribution < 1.29 is 31.8 Å². The van der Waals surface area contributed by atoms with E-state index in [-0.39, 0.29) is 12.2 Å². The highest BCUT2D eigenvalue weighted by molar-refractivity contribution is 5.89. The molecule has 0 aliphatic carbocycles. The lowest BCUT2D eigenvalue weighted by molar-refractivity contribution is -0.140. The van der Waals surface area contributed by atoms with Crippen molar-refractivity contribution in [2.45, 2.75) is 26.1 Å². The van der Waals surface area contributed by atoms with Gasteiger partial charge in [0.2, 0.25) is 0 Å². The Bertz CT molecular complexity index is 471. The minimum atomic E-state index is -4.86. The quantitative estimate of drug-likeness (QED) is 0.616. The van der Waals surface area contributed by atoms with Gasteiger partial charge in [0.05, 0.1) is 17.7 Å². The molecule has 0 radical (unpaired) electrons. The Morgan fingerprint density at radius 3 is 2.55 bits per heavy atom. The van der Waals surface area contributed by atoms with Crippen molar-refractivity contribution in [3.63, 3.8) is 0 Å². The molecular weight excluding hydrogens is 280 g/mol. The largest absolute Gasteiger partial charge is 0.457 e. The van der Waals surface area contributed by atoms with E-state index in [0.717, 1.165) is 6.07 Å². The van der Waals surface area contributed by atoms with Crippen molar-refractivity contribution in [3.05, 3.63) is 35.1 Å². The molecule has 112 valence electrons. The molecule has 0 spiro atoms. The smallest absolute Gasteiger partial charge is 0.419 e. The summed E-state index contributed by atoms with van der Waals surface area (Å²) in [6, 6.07) is 1.97. The van der Waals surface area contributed by atoms with Gasteiger partial charge in [0.25, 0.3) is 0 Å². The van der Waals surface area contributed by atoms with Crippen molar-refractivity contribution in [2.75, 3.05) is 13.2 Å². The lowest BCUT2D eigenvalue weighted by atomic mass is 10.1. The van der Waals surface area contributed by atoms with E-state index in [1.165, 1.54) is 0 Å². The second-order valence-corrected chi connectivity index (χ2v) is 4.07. The standard InChI is InChI=1S/C13H14F4O3/c1-3-19-7-8(2)20-12(18)9-4-5-11(14)10(6-9)13(15,16)17/h4-6,8H,3,7H2,1-2H3. The molecule has 1 aromatic rings. The number of benzene rings is 1. The van der Waals surface area contributed by atoms with Crippen molar-refractivity contribution in [3.8, 4) is 0 Å². The summed E-state index contributed by atoms with van der Waals surface area (Å²) in [5.41, 5.74) is -1.86. The molecule has 1 aromatic carbocycles. The molecular formula is C13H14F4O3. The highest BCUT2D eigenvalue weighted by Crippen LogP contribution is 2.32. The molecule has 1 rings (SSSR count). The lowest BCUT2D eigenvalue weighted by Crippen LogP contribution is -2.21. The van der Waals surface area contributed by atoms with Crippen LogP contribution in [0.2, 0.25) is 0 Å². The zero-order valence-corrected chi connectivity index (χ0v) is 11.0. The molecule has 0 fully saturated rings. The van der Waals surface area contributed by atoms with E-state index >= 15 is 0 Å². The van der Waals surface area contributed by atoms with E-state index < -0.39 is 29.6 Å². The van der Waals surface area contributed by atoms with Gasteiger partial charge in [-0.25, -0.2) is 9.18 Å². The van der Waals surface area contributed by atoms with Crippen molar-refractivity contribution in [1.29, 1.82) is 0 Å². The lowest BCUT2D eigenvalue weighted by Gasteiger charge is -2.14. The summed E-state index contributed by atoms with van der Waals surface area (Å²) >= 11 is 0. The number of hydrogen-bond acceptors (Lipinski definition) is 3. The van der Waals surface area contributed by atoms with Gasteiger partial charge in [0.1, 0.15) is 11.9 Å². The molecule has 0 heterocycles. The van der Waals surface area contributed by atoms with Crippen molar-refractivity contribution >= 4 is 5.97 Å². The van der Waals surface area contributed by atoms with Crippen LogP contribution in [-0.2, 0) is 15.7 Å². The third kappa shape index (κ3) is 4.48. The first kappa shape index (κ1) is 16.4. The number of rotatable bonds is 5. The Hall–Kier alpha value is -1.63. The average molecular weight is 294 g/mol. The molecule has 0 aliphatic rings. The highest BCUT2D eigenvalue weighted by atomic mass is 19.4. The predicted molar refractivity (Wildman–Crippen MR) is 62.8 cm³/mol. The van der Waals surface area contributed by atoms with Gasteiger partial charge in [-0.05, 0) is 32.0 Å². The third-order valence-corrected chi connectivity index (χ3v) is 2.37. The van der Waals surface area contributed by atoms with Crippen LogP contribution in [0.5, 0.6) is 0 Å². The molecule has 0 saturated carbocycles. The summed E-state index contributed by atoms with van der Waals surface area (Å²) < 4.78 is 60.5. The normalized spacial score (nSPS) is 13.1. The van der Waals surface area contributed by atoms with Crippen LogP contribution in [0.1, 0.15) is 29.8 Å². The SMILES string of the molecule is CCOCC(C)OC(=O)c1ccc(F)c(C(F)(F)F)c1. The minimum Gasteiger partial charge on any atom is -0.457 e. The van der Waals surface area contributed by atoms with E-state index in [1.807, 2.05) is 0 Å². The van der Waals surface area contributed by atoms with E-state index in [0.29, 0.717) is 18.7 Å². The summed E-state index contributed by atoms with van der Waals surface area (Å²) in [4.78, 5) is 11.6. The van der Waals surface area contributed by atoms with Crippen LogP contribution in [0.4, 0.5) is 17.6 Å². The fourth-order valence-corrected chi connectivity index (χ4v) is 1.44. The molecule has 1 atom stereocenters. The molecule has 3 nitrogen and oxygen atoms in total. The van der Waals surface area contributed by atoms with Gasteiger partial charge >= 0.3 is 12.1 Å². The molecule has 0 aliphatic heterocycles. The van der Waals surface area contributed by atoms with Gasteiger partial charge in [-0.3, -0.25) is 0 Å². The van der Waals surface area contributed by atoms with E-state index in [1.54, 1.807) is 13.8 Å². The van der Waals surface area contributed by atoms with Gasteiger partial charge in [-0.2, -0.15) is 13.2 Å². The van der Waals surface area contributed by atoms with E-state index in [9.17, 15) is 22.4 Å². The second-order valence-electron chi connectivity index (χ2n) is 4.07. The molecule has 20 heavy (non-hydrogen) atoms.